The Kier molecular flexibility index (Phi) is 6.07. The van der Waals surface area contributed by atoms with Crippen molar-refractivity contribution in [1.29, 1.82) is 0 Å². The Bertz CT molecular complexity index is 835. The fraction of sp³-hybridized carbons (Fsp3) is 0.250. The molecule has 1 heterocycles. The van der Waals surface area contributed by atoms with E-state index in [1.165, 1.54) is 11.8 Å². The Morgan fingerprint density at radius 1 is 1.12 bits per heavy atom. The largest absolute Gasteiger partial charge is 0.338 e. The van der Waals surface area contributed by atoms with Crippen LogP contribution in [0.25, 0.3) is 11.4 Å². The summed E-state index contributed by atoms with van der Waals surface area (Å²) in [6, 6.07) is 19.9. The fourth-order valence-corrected chi connectivity index (χ4v) is 3.45. The van der Waals surface area contributed by atoms with Crippen LogP contribution in [0, 0.1) is 0 Å². The molecule has 1 amide bonds. The Morgan fingerprint density at radius 3 is 2.42 bits per heavy atom. The van der Waals surface area contributed by atoms with Crippen LogP contribution >= 0.6 is 11.8 Å². The van der Waals surface area contributed by atoms with E-state index in [4.69, 9.17) is 0 Å². The zero-order chi connectivity index (χ0) is 18.4. The molecular weight excluding hydrogens is 344 g/mol. The van der Waals surface area contributed by atoms with E-state index in [1.807, 2.05) is 79.4 Å². The van der Waals surface area contributed by atoms with Gasteiger partial charge in [0.05, 0.1) is 5.25 Å². The quantitative estimate of drug-likeness (QED) is 0.642. The number of aromatic amines is 1. The summed E-state index contributed by atoms with van der Waals surface area (Å²) in [7, 11) is 0. The van der Waals surface area contributed by atoms with Crippen molar-refractivity contribution in [2.75, 3.05) is 6.54 Å². The first-order chi connectivity index (χ1) is 12.7. The molecule has 0 fully saturated rings. The lowest BCUT2D eigenvalue weighted by Gasteiger charge is -2.23. The number of H-pyrrole nitrogens is 1. The van der Waals surface area contributed by atoms with Crippen molar-refractivity contribution in [2.45, 2.75) is 30.8 Å². The minimum absolute atomic E-state index is 0.0902. The van der Waals surface area contributed by atoms with Gasteiger partial charge in [-0.25, -0.2) is 4.98 Å². The van der Waals surface area contributed by atoms with E-state index in [1.54, 1.807) is 0 Å². The average Bonchev–Trinajstić information content (AvgIpc) is 3.15. The Balaban J connectivity index is 1.64. The molecule has 0 unspecified atom stereocenters. The van der Waals surface area contributed by atoms with Crippen LogP contribution in [0.2, 0.25) is 0 Å². The second-order valence-corrected chi connectivity index (χ2v) is 7.24. The predicted octanol–water partition coefficient (Wildman–Crippen LogP) is 4.00. The monoisotopic (exact) mass is 366 g/mol. The number of hydrogen-bond donors (Lipinski definition) is 1. The van der Waals surface area contributed by atoms with Crippen LogP contribution in [0.3, 0.4) is 0 Å². The molecular formula is C20H22N4OS. The topological polar surface area (TPSA) is 61.9 Å². The molecule has 0 bridgehead atoms. The molecule has 3 rings (SSSR count). The summed E-state index contributed by atoms with van der Waals surface area (Å²) in [5, 5.41) is 7.51. The van der Waals surface area contributed by atoms with Gasteiger partial charge in [0.15, 0.2) is 5.82 Å². The van der Waals surface area contributed by atoms with E-state index < -0.39 is 0 Å². The number of aromatic nitrogens is 3. The van der Waals surface area contributed by atoms with Gasteiger partial charge in [-0.05, 0) is 19.4 Å². The smallest absolute Gasteiger partial charge is 0.236 e. The van der Waals surface area contributed by atoms with E-state index in [-0.39, 0.29) is 11.2 Å². The summed E-state index contributed by atoms with van der Waals surface area (Å²) in [4.78, 5) is 19.2. The second-order valence-electron chi connectivity index (χ2n) is 5.93. The summed E-state index contributed by atoms with van der Waals surface area (Å²) in [5.41, 5.74) is 2.11. The summed E-state index contributed by atoms with van der Waals surface area (Å²) in [6.45, 7) is 5.18. The van der Waals surface area contributed by atoms with Crippen LogP contribution in [0.5, 0.6) is 0 Å². The highest BCUT2D eigenvalue weighted by atomic mass is 32.2. The molecule has 3 aromatic rings. The van der Waals surface area contributed by atoms with Gasteiger partial charge in [-0.2, -0.15) is 0 Å². The van der Waals surface area contributed by atoms with Crippen LogP contribution in [-0.2, 0) is 11.3 Å². The number of rotatable bonds is 7. The van der Waals surface area contributed by atoms with Crippen molar-refractivity contribution in [1.82, 2.24) is 20.1 Å². The lowest BCUT2D eigenvalue weighted by Crippen LogP contribution is -2.36. The van der Waals surface area contributed by atoms with Gasteiger partial charge in [0.1, 0.15) is 0 Å². The van der Waals surface area contributed by atoms with E-state index >= 15 is 0 Å². The highest BCUT2D eigenvalue weighted by Crippen LogP contribution is 2.24. The minimum atomic E-state index is -0.252. The number of carbonyl (C=O) groups is 1. The third kappa shape index (κ3) is 4.52. The van der Waals surface area contributed by atoms with Crippen LogP contribution in [-0.4, -0.2) is 37.8 Å². The van der Waals surface area contributed by atoms with Crippen molar-refractivity contribution in [3.8, 4) is 11.4 Å². The minimum Gasteiger partial charge on any atom is -0.338 e. The standard InChI is InChI=1S/C20H22N4OS/c1-3-24(14-16-10-6-4-7-11-16)19(25)15(2)26-20-21-18(22-23-20)17-12-8-5-9-13-17/h4-13,15H,3,14H2,1-2H3,(H,21,22,23)/t15-/m0/s1. The van der Waals surface area contributed by atoms with Crippen LogP contribution in [0.1, 0.15) is 19.4 Å². The Labute approximate surface area is 157 Å². The van der Waals surface area contributed by atoms with Crippen LogP contribution < -0.4 is 0 Å². The van der Waals surface area contributed by atoms with Gasteiger partial charge >= 0.3 is 0 Å². The van der Waals surface area contributed by atoms with Gasteiger partial charge in [-0.15, -0.1) is 5.10 Å². The van der Waals surface area contributed by atoms with E-state index in [2.05, 4.69) is 15.2 Å². The number of carbonyl (C=O) groups excluding carboxylic acids is 1. The maximum atomic E-state index is 12.8. The summed E-state index contributed by atoms with van der Waals surface area (Å²) >= 11 is 1.38. The summed E-state index contributed by atoms with van der Waals surface area (Å²) in [6.07, 6.45) is 0. The molecule has 0 aliphatic rings. The van der Waals surface area contributed by atoms with Gasteiger partial charge in [0.25, 0.3) is 0 Å². The summed E-state index contributed by atoms with van der Waals surface area (Å²) in [5.74, 6) is 0.803. The molecule has 26 heavy (non-hydrogen) atoms. The molecule has 0 saturated carbocycles. The van der Waals surface area contributed by atoms with Gasteiger partial charge in [-0.1, -0.05) is 72.4 Å². The fourth-order valence-electron chi connectivity index (χ4n) is 2.64. The number of benzene rings is 2. The van der Waals surface area contributed by atoms with E-state index in [0.717, 1.165) is 11.1 Å². The highest BCUT2D eigenvalue weighted by Gasteiger charge is 2.22. The SMILES string of the molecule is CCN(Cc1ccccc1)C(=O)[C@H](C)Sc1n[nH]c(-c2ccccc2)n1. The first kappa shape index (κ1) is 18.2. The molecule has 0 spiro atoms. The number of nitrogens with zero attached hydrogens (tertiary/aromatic N) is 3. The average molecular weight is 366 g/mol. The van der Waals surface area contributed by atoms with Gasteiger partial charge in [0, 0.05) is 18.7 Å². The predicted molar refractivity (Wildman–Crippen MR) is 105 cm³/mol. The van der Waals surface area contributed by atoms with E-state index in [9.17, 15) is 4.79 Å². The molecule has 134 valence electrons. The zero-order valence-electron chi connectivity index (χ0n) is 14.9. The van der Waals surface area contributed by atoms with Gasteiger partial charge in [-0.3, -0.25) is 9.89 Å². The molecule has 0 aliphatic carbocycles. The van der Waals surface area contributed by atoms with Crippen LogP contribution in [0.15, 0.2) is 65.8 Å². The molecule has 6 heteroatoms. The molecule has 0 radical (unpaired) electrons. The van der Waals surface area contributed by atoms with Crippen LogP contribution in [0.4, 0.5) is 0 Å². The normalized spacial score (nSPS) is 11.9. The van der Waals surface area contributed by atoms with Crippen molar-refractivity contribution in [3.63, 3.8) is 0 Å². The molecule has 0 aliphatic heterocycles. The maximum Gasteiger partial charge on any atom is 0.236 e. The number of nitrogens with one attached hydrogen (secondary N) is 1. The molecule has 1 aromatic heterocycles. The highest BCUT2D eigenvalue weighted by molar-refractivity contribution is 8.00. The molecule has 5 nitrogen and oxygen atoms in total. The summed E-state index contributed by atoms with van der Waals surface area (Å²) < 4.78 is 0. The number of amides is 1. The first-order valence-electron chi connectivity index (χ1n) is 8.64. The first-order valence-corrected chi connectivity index (χ1v) is 9.52. The molecule has 2 aromatic carbocycles. The van der Waals surface area contributed by atoms with Crippen molar-refractivity contribution in [3.05, 3.63) is 66.2 Å². The molecule has 0 saturated heterocycles. The van der Waals surface area contributed by atoms with Gasteiger partial charge in [0.2, 0.25) is 11.1 Å². The zero-order valence-corrected chi connectivity index (χ0v) is 15.7. The lowest BCUT2D eigenvalue weighted by atomic mass is 10.2. The second kappa shape index (κ2) is 8.67. The number of hydrogen-bond acceptors (Lipinski definition) is 4. The van der Waals surface area contributed by atoms with Crippen molar-refractivity contribution in [2.24, 2.45) is 0 Å². The Morgan fingerprint density at radius 2 is 1.77 bits per heavy atom. The Hall–Kier alpha value is -2.60. The van der Waals surface area contributed by atoms with Crippen molar-refractivity contribution >= 4 is 17.7 Å². The lowest BCUT2D eigenvalue weighted by molar-refractivity contribution is -0.130. The van der Waals surface area contributed by atoms with E-state index in [0.29, 0.717) is 24.1 Å². The van der Waals surface area contributed by atoms with Crippen molar-refractivity contribution < 1.29 is 4.79 Å². The third-order valence-corrected chi connectivity index (χ3v) is 5.00. The molecule has 1 N–H and O–H groups in total. The van der Waals surface area contributed by atoms with Gasteiger partial charge < -0.3 is 4.90 Å². The maximum absolute atomic E-state index is 12.8. The third-order valence-electron chi connectivity index (χ3n) is 4.05. The molecule has 1 atom stereocenters. The number of thioether (sulfide) groups is 1.